The summed E-state index contributed by atoms with van der Waals surface area (Å²) in [7, 11) is 0. The van der Waals surface area contributed by atoms with Gasteiger partial charge in [-0.3, -0.25) is 8.72 Å². The standard InChI is InChI=1S/C3H4BrNO/c4-5-2-1-3(5)6/h1-2H2. The van der Waals surface area contributed by atoms with Crippen LogP contribution >= 0.6 is 16.1 Å². The Bertz CT molecular complexity index is 82.9. The van der Waals surface area contributed by atoms with E-state index in [4.69, 9.17) is 0 Å². The average molecular weight is 150 g/mol. The van der Waals surface area contributed by atoms with Crippen molar-refractivity contribution >= 4 is 22.1 Å². The van der Waals surface area contributed by atoms with Crippen LogP contribution in [0.25, 0.3) is 0 Å². The maximum atomic E-state index is 10.1. The largest absolute Gasteiger partial charge is 0.278 e. The van der Waals surface area contributed by atoms with Gasteiger partial charge < -0.3 is 0 Å². The van der Waals surface area contributed by atoms with Crippen molar-refractivity contribution in [1.29, 1.82) is 0 Å². The Labute approximate surface area is 44.5 Å². The van der Waals surface area contributed by atoms with Crippen molar-refractivity contribution in [2.24, 2.45) is 0 Å². The van der Waals surface area contributed by atoms with Crippen molar-refractivity contribution in [2.75, 3.05) is 6.54 Å². The Hall–Kier alpha value is -0.0500. The van der Waals surface area contributed by atoms with E-state index in [1.54, 1.807) is 0 Å². The smallest absolute Gasteiger partial charge is 0.234 e. The van der Waals surface area contributed by atoms with E-state index in [9.17, 15) is 4.79 Å². The molecule has 1 heterocycles. The van der Waals surface area contributed by atoms with Crippen LogP contribution in [0.3, 0.4) is 0 Å². The summed E-state index contributed by atoms with van der Waals surface area (Å²) in [6, 6.07) is 0. The Morgan fingerprint density at radius 1 is 1.83 bits per heavy atom. The molecule has 0 aliphatic carbocycles. The van der Waals surface area contributed by atoms with Gasteiger partial charge in [0.2, 0.25) is 5.91 Å². The van der Waals surface area contributed by atoms with Crippen LogP contribution in [0, 0.1) is 0 Å². The molecule has 0 atom stereocenters. The highest BCUT2D eigenvalue weighted by atomic mass is 79.9. The van der Waals surface area contributed by atoms with Gasteiger partial charge in [0, 0.05) is 13.0 Å². The Kier molecular flexibility index (Phi) is 0.839. The topological polar surface area (TPSA) is 20.3 Å². The third-order valence-electron chi connectivity index (χ3n) is 0.793. The van der Waals surface area contributed by atoms with Gasteiger partial charge in [0.05, 0.1) is 16.1 Å². The minimum atomic E-state index is 0.190. The minimum Gasteiger partial charge on any atom is -0.278 e. The monoisotopic (exact) mass is 149 g/mol. The van der Waals surface area contributed by atoms with Gasteiger partial charge in [-0.25, -0.2) is 0 Å². The lowest BCUT2D eigenvalue weighted by molar-refractivity contribution is -0.131. The molecule has 6 heavy (non-hydrogen) atoms. The summed E-state index contributed by atoms with van der Waals surface area (Å²) in [6.45, 7) is 0.874. The molecule has 0 unspecified atom stereocenters. The fraction of sp³-hybridized carbons (Fsp3) is 0.667. The minimum absolute atomic E-state index is 0.190. The molecule has 0 aromatic rings. The molecule has 1 rings (SSSR count). The first kappa shape index (κ1) is 4.12. The first-order valence-electron chi connectivity index (χ1n) is 1.77. The fourth-order valence-corrected chi connectivity index (χ4v) is 0.642. The summed E-state index contributed by atoms with van der Waals surface area (Å²) in [6.07, 6.45) is 0.714. The highest BCUT2D eigenvalue weighted by molar-refractivity contribution is 9.07. The van der Waals surface area contributed by atoms with Gasteiger partial charge in [0.15, 0.2) is 0 Å². The quantitative estimate of drug-likeness (QED) is 0.364. The molecular formula is C3H4BrNO. The van der Waals surface area contributed by atoms with E-state index in [0.717, 1.165) is 6.54 Å². The van der Waals surface area contributed by atoms with Crippen molar-refractivity contribution in [2.45, 2.75) is 6.42 Å². The molecule has 0 N–H and O–H groups in total. The number of carbonyl (C=O) groups excluding carboxylic acids is 1. The molecule has 1 aliphatic rings. The Balaban J connectivity index is 2.39. The molecule has 0 saturated carbocycles. The number of carbonyl (C=O) groups is 1. The zero-order valence-corrected chi connectivity index (χ0v) is 4.73. The molecule has 0 aromatic carbocycles. The van der Waals surface area contributed by atoms with Crippen molar-refractivity contribution in [3.63, 3.8) is 0 Å². The predicted molar refractivity (Wildman–Crippen MR) is 25.3 cm³/mol. The fourth-order valence-electron chi connectivity index (χ4n) is 0.288. The lowest BCUT2D eigenvalue weighted by Gasteiger charge is -2.21. The molecule has 1 fully saturated rings. The van der Waals surface area contributed by atoms with Crippen LogP contribution in [0.1, 0.15) is 6.42 Å². The molecule has 34 valence electrons. The zero-order chi connectivity index (χ0) is 4.57. The van der Waals surface area contributed by atoms with Crippen molar-refractivity contribution in [1.82, 2.24) is 3.93 Å². The van der Waals surface area contributed by atoms with Gasteiger partial charge >= 0.3 is 0 Å². The van der Waals surface area contributed by atoms with Gasteiger partial charge in [0.1, 0.15) is 0 Å². The number of hydrogen-bond donors (Lipinski definition) is 0. The van der Waals surface area contributed by atoms with Crippen molar-refractivity contribution in [3.05, 3.63) is 0 Å². The number of β-lactam (4-membered cyclic amide) rings is 1. The number of rotatable bonds is 0. The molecular weight excluding hydrogens is 146 g/mol. The third kappa shape index (κ3) is 0.429. The van der Waals surface area contributed by atoms with Gasteiger partial charge in [-0.15, -0.1) is 0 Å². The second kappa shape index (κ2) is 1.22. The molecule has 0 aromatic heterocycles. The number of halogens is 1. The van der Waals surface area contributed by atoms with Crippen molar-refractivity contribution < 1.29 is 4.79 Å². The molecule has 3 heteroatoms. The van der Waals surface area contributed by atoms with E-state index in [1.807, 2.05) is 0 Å². The van der Waals surface area contributed by atoms with Crippen LogP contribution in [0.2, 0.25) is 0 Å². The average Bonchev–Trinajstić information content (AvgIpc) is 1.61. The van der Waals surface area contributed by atoms with E-state index in [0.29, 0.717) is 6.42 Å². The highest BCUT2D eigenvalue weighted by Crippen LogP contribution is 2.11. The zero-order valence-electron chi connectivity index (χ0n) is 3.15. The summed E-state index contributed by atoms with van der Waals surface area (Å²) in [5.74, 6) is 0.190. The lowest BCUT2D eigenvalue weighted by Crippen LogP contribution is -2.34. The highest BCUT2D eigenvalue weighted by Gasteiger charge is 2.19. The second-order valence-electron chi connectivity index (χ2n) is 1.23. The maximum Gasteiger partial charge on any atom is 0.234 e. The van der Waals surface area contributed by atoms with E-state index in [1.165, 1.54) is 3.93 Å². The van der Waals surface area contributed by atoms with Gasteiger partial charge in [-0.05, 0) is 0 Å². The SMILES string of the molecule is O=C1CCN1Br. The Morgan fingerprint density at radius 3 is 2.33 bits per heavy atom. The van der Waals surface area contributed by atoms with Gasteiger partial charge in [0.25, 0.3) is 0 Å². The lowest BCUT2D eigenvalue weighted by atomic mass is 10.3. The molecule has 1 aliphatic heterocycles. The summed E-state index contributed by atoms with van der Waals surface area (Å²) in [5, 5.41) is 0. The van der Waals surface area contributed by atoms with Gasteiger partial charge in [-0.1, -0.05) is 0 Å². The summed E-state index contributed by atoms with van der Waals surface area (Å²) >= 11 is 3.01. The first-order chi connectivity index (χ1) is 2.80. The molecule has 1 amide bonds. The molecule has 0 spiro atoms. The van der Waals surface area contributed by atoms with E-state index in [-0.39, 0.29) is 5.91 Å². The van der Waals surface area contributed by atoms with Crippen LogP contribution in [0.15, 0.2) is 0 Å². The molecule has 0 radical (unpaired) electrons. The number of hydrogen-bond acceptors (Lipinski definition) is 1. The predicted octanol–water partition coefficient (Wildman–Crippen LogP) is 0.529. The number of nitrogens with zero attached hydrogens (tertiary/aromatic N) is 1. The Morgan fingerprint density at radius 2 is 2.33 bits per heavy atom. The van der Waals surface area contributed by atoms with Crippen LogP contribution < -0.4 is 0 Å². The summed E-state index contributed by atoms with van der Waals surface area (Å²) < 4.78 is 1.52. The van der Waals surface area contributed by atoms with Crippen LogP contribution in [-0.2, 0) is 4.79 Å². The van der Waals surface area contributed by atoms with Crippen LogP contribution in [0.4, 0.5) is 0 Å². The van der Waals surface area contributed by atoms with Crippen LogP contribution in [-0.4, -0.2) is 16.4 Å². The molecule has 2 nitrogen and oxygen atoms in total. The summed E-state index contributed by atoms with van der Waals surface area (Å²) in [4.78, 5) is 10.1. The van der Waals surface area contributed by atoms with E-state index >= 15 is 0 Å². The maximum absolute atomic E-state index is 10.1. The second-order valence-corrected chi connectivity index (χ2v) is 2.09. The van der Waals surface area contributed by atoms with Crippen molar-refractivity contribution in [3.8, 4) is 0 Å². The van der Waals surface area contributed by atoms with E-state index in [2.05, 4.69) is 16.1 Å². The molecule has 1 saturated heterocycles. The summed E-state index contributed by atoms with van der Waals surface area (Å²) in [5.41, 5.74) is 0. The van der Waals surface area contributed by atoms with Crippen LogP contribution in [0.5, 0.6) is 0 Å². The third-order valence-corrected chi connectivity index (χ3v) is 1.54. The van der Waals surface area contributed by atoms with Gasteiger partial charge in [-0.2, -0.15) is 0 Å². The molecule has 0 bridgehead atoms. The van der Waals surface area contributed by atoms with E-state index < -0.39 is 0 Å². The first-order valence-corrected chi connectivity index (χ1v) is 2.48. The number of amides is 1. The normalized spacial score (nSPS) is 20.8.